The van der Waals surface area contributed by atoms with Crippen LogP contribution in [-0.4, -0.2) is 36.0 Å². The van der Waals surface area contributed by atoms with Crippen LogP contribution in [0, 0.1) is 0 Å². The van der Waals surface area contributed by atoms with Crippen molar-refractivity contribution >= 4 is 82.4 Å². The Balaban J connectivity index is 1.56. The summed E-state index contributed by atoms with van der Waals surface area (Å²) >= 11 is 10.5. The molecular weight excluding hydrogens is 423 g/mol. The molecule has 0 saturated carbocycles. The van der Waals surface area contributed by atoms with Crippen LogP contribution < -0.4 is 5.32 Å². The molecule has 0 aromatic heterocycles. The molecule has 3 rings (SSSR count). The molecule has 10 heteroatoms. The van der Waals surface area contributed by atoms with Crippen LogP contribution in [0.4, 0.5) is 0 Å². The van der Waals surface area contributed by atoms with E-state index in [1.54, 1.807) is 25.6 Å². The highest BCUT2D eigenvalue weighted by Crippen LogP contribution is 2.63. The van der Waals surface area contributed by atoms with E-state index < -0.39 is 12.0 Å². The highest BCUT2D eigenvalue weighted by atomic mass is 32.3. The van der Waals surface area contributed by atoms with Crippen molar-refractivity contribution in [3.63, 3.8) is 0 Å². The normalized spacial score (nSPS) is 21.5. The van der Waals surface area contributed by atoms with E-state index in [4.69, 9.17) is 4.74 Å². The second-order valence-corrected chi connectivity index (χ2v) is 11.9. The van der Waals surface area contributed by atoms with Crippen molar-refractivity contribution in [1.29, 1.82) is 0 Å². The average Bonchev–Trinajstić information content (AvgIpc) is 3.21. The number of esters is 1. The molecule has 3 aliphatic heterocycles. The standard InChI is InChI=1S/C14H15NO3S6/c1-3-18-10(17)7(2)15-9(16)8-6-21-13(22-8)14-23-11-12(24-14)20-5-4-19-11/h6-7H,3-5H2,1-2H3,(H,15,16)/t7-/m0/s1. The van der Waals surface area contributed by atoms with E-state index in [1.165, 1.54) is 24.5 Å². The maximum atomic E-state index is 12.3. The molecule has 0 spiro atoms. The molecule has 0 radical (unpaired) electrons. The minimum Gasteiger partial charge on any atom is -0.464 e. The minimum atomic E-state index is -0.641. The molecule has 1 amide bonds. The first-order valence-electron chi connectivity index (χ1n) is 7.20. The number of hydrogen-bond donors (Lipinski definition) is 1. The van der Waals surface area contributed by atoms with Crippen molar-refractivity contribution in [3.8, 4) is 0 Å². The highest BCUT2D eigenvalue weighted by Gasteiger charge is 2.31. The maximum Gasteiger partial charge on any atom is 0.328 e. The van der Waals surface area contributed by atoms with Crippen molar-refractivity contribution in [2.45, 2.75) is 19.9 Å². The Kier molecular flexibility index (Phi) is 6.95. The van der Waals surface area contributed by atoms with Crippen LogP contribution in [0.25, 0.3) is 0 Å². The molecule has 0 aliphatic carbocycles. The minimum absolute atomic E-state index is 0.224. The SMILES string of the molecule is CCOC(=O)[C@H](C)NC(=O)C1=CSC(=C2SC3=C(SCCS3)S2)S1. The van der Waals surface area contributed by atoms with Gasteiger partial charge in [0.05, 0.1) is 28.5 Å². The molecule has 4 nitrogen and oxygen atoms in total. The van der Waals surface area contributed by atoms with E-state index in [2.05, 4.69) is 5.32 Å². The fourth-order valence-electron chi connectivity index (χ4n) is 1.84. The van der Waals surface area contributed by atoms with E-state index in [0.29, 0.717) is 11.5 Å². The van der Waals surface area contributed by atoms with E-state index in [1.807, 2.05) is 52.5 Å². The van der Waals surface area contributed by atoms with Gasteiger partial charge >= 0.3 is 5.97 Å². The summed E-state index contributed by atoms with van der Waals surface area (Å²) in [5.41, 5.74) is 0. The van der Waals surface area contributed by atoms with Gasteiger partial charge in [0.25, 0.3) is 5.91 Å². The Hall–Kier alpha value is 0.260. The third-order valence-electron chi connectivity index (χ3n) is 2.94. The molecule has 0 saturated heterocycles. The Labute approximate surface area is 166 Å². The van der Waals surface area contributed by atoms with Gasteiger partial charge in [-0.1, -0.05) is 47.0 Å². The molecule has 3 aliphatic rings. The number of carbonyl (C=O) groups is 2. The quantitative estimate of drug-likeness (QED) is 0.636. The van der Waals surface area contributed by atoms with Crippen LogP contribution in [0.2, 0.25) is 0 Å². The molecule has 0 bridgehead atoms. The lowest BCUT2D eigenvalue weighted by Crippen LogP contribution is -2.39. The summed E-state index contributed by atoms with van der Waals surface area (Å²) in [6, 6.07) is -0.641. The van der Waals surface area contributed by atoms with E-state index >= 15 is 0 Å². The average molecular weight is 438 g/mol. The van der Waals surface area contributed by atoms with Gasteiger partial charge in [0, 0.05) is 11.5 Å². The van der Waals surface area contributed by atoms with Crippen molar-refractivity contribution in [2.24, 2.45) is 0 Å². The first kappa shape index (κ1) is 19.0. The fraction of sp³-hybridized carbons (Fsp3) is 0.429. The molecule has 24 heavy (non-hydrogen) atoms. The van der Waals surface area contributed by atoms with E-state index in [0.717, 1.165) is 15.7 Å². The third-order valence-corrected chi connectivity index (χ3v) is 11.6. The van der Waals surface area contributed by atoms with Gasteiger partial charge in [-0.3, -0.25) is 4.79 Å². The highest BCUT2D eigenvalue weighted by molar-refractivity contribution is 8.43. The molecule has 0 fully saturated rings. The van der Waals surface area contributed by atoms with Gasteiger partial charge in [0.2, 0.25) is 0 Å². The zero-order valence-electron chi connectivity index (χ0n) is 13.0. The second kappa shape index (κ2) is 8.77. The van der Waals surface area contributed by atoms with Crippen LogP contribution in [0.5, 0.6) is 0 Å². The van der Waals surface area contributed by atoms with Crippen LogP contribution in [-0.2, 0) is 14.3 Å². The van der Waals surface area contributed by atoms with Gasteiger partial charge in [-0.05, 0) is 19.3 Å². The number of rotatable bonds is 4. The lowest BCUT2D eigenvalue weighted by atomic mass is 10.3. The molecule has 0 aromatic rings. The zero-order valence-corrected chi connectivity index (χ0v) is 17.8. The molecule has 0 unspecified atom stereocenters. The van der Waals surface area contributed by atoms with Crippen molar-refractivity contribution < 1.29 is 14.3 Å². The van der Waals surface area contributed by atoms with Gasteiger partial charge < -0.3 is 10.1 Å². The number of nitrogens with one attached hydrogen (secondary N) is 1. The van der Waals surface area contributed by atoms with Crippen LogP contribution >= 0.6 is 70.6 Å². The largest absolute Gasteiger partial charge is 0.464 e. The number of ether oxygens (including phenoxy) is 1. The van der Waals surface area contributed by atoms with Crippen molar-refractivity contribution in [2.75, 3.05) is 18.1 Å². The summed E-state index contributed by atoms with van der Waals surface area (Å²) in [4.78, 5) is 24.5. The molecule has 1 atom stereocenters. The van der Waals surface area contributed by atoms with Crippen LogP contribution in [0.3, 0.4) is 0 Å². The van der Waals surface area contributed by atoms with E-state index in [-0.39, 0.29) is 5.91 Å². The van der Waals surface area contributed by atoms with Gasteiger partial charge in [0.15, 0.2) is 0 Å². The number of hydrogen-bond acceptors (Lipinski definition) is 9. The molecule has 0 aromatic carbocycles. The maximum absolute atomic E-state index is 12.3. The van der Waals surface area contributed by atoms with Gasteiger partial charge in [-0.15, -0.1) is 23.5 Å². The summed E-state index contributed by atoms with van der Waals surface area (Å²) in [6.45, 7) is 3.69. The summed E-state index contributed by atoms with van der Waals surface area (Å²) in [6.07, 6.45) is 0. The van der Waals surface area contributed by atoms with Crippen LogP contribution in [0.15, 0.2) is 27.3 Å². The lowest BCUT2D eigenvalue weighted by molar-refractivity contribution is -0.146. The van der Waals surface area contributed by atoms with Gasteiger partial charge in [-0.2, -0.15) is 0 Å². The Morgan fingerprint density at radius 1 is 1.12 bits per heavy atom. The first-order valence-corrected chi connectivity index (χ1v) is 12.5. The van der Waals surface area contributed by atoms with Crippen LogP contribution in [0.1, 0.15) is 13.8 Å². The monoisotopic (exact) mass is 437 g/mol. The number of thioether (sulfide) groups is 6. The summed E-state index contributed by atoms with van der Waals surface area (Å²) < 4.78 is 10.1. The molecule has 1 N–H and O–H groups in total. The Morgan fingerprint density at radius 2 is 1.79 bits per heavy atom. The van der Waals surface area contributed by atoms with Crippen molar-refractivity contribution in [3.05, 3.63) is 27.3 Å². The number of amides is 1. The van der Waals surface area contributed by atoms with Crippen molar-refractivity contribution in [1.82, 2.24) is 5.32 Å². The van der Waals surface area contributed by atoms with E-state index in [9.17, 15) is 9.59 Å². The predicted octanol–water partition coefficient (Wildman–Crippen LogP) is 4.59. The Morgan fingerprint density at radius 3 is 2.42 bits per heavy atom. The number of carbonyl (C=O) groups excluding carboxylic acids is 2. The topological polar surface area (TPSA) is 55.4 Å². The molecular formula is C14H15NO3S6. The summed E-state index contributed by atoms with van der Waals surface area (Å²) in [5, 5.41) is 4.56. The Bertz CT molecular complexity index is 637. The zero-order chi connectivity index (χ0) is 17.1. The molecule has 130 valence electrons. The summed E-state index contributed by atoms with van der Waals surface area (Å²) in [5.74, 6) is 1.70. The van der Waals surface area contributed by atoms with Gasteiger partial charge in [0.1, 0.15) is 6.04 Å². The predicted molar refractivity (Wildman–Crippen MR) is 112 cm³/mol. The smallest absolute Gasteiger partial charge is 0.328 e. The molecule has 3 heterocycles. The lowest BCUT2D eigenvalue weighted by Gasteiger charge is -2.12. The summed E-state index contributed by atoms with van der Waals surface area (Å²) in [7, 11) is 0. The third kappa shape index (κ3) is 4.50. The second-order valence-electron chi connectivity index (χ2n) is 4.70. The van der Waals surface area contributed by atoms with Gasteiger partial charge in [-0.25, -0.2) is 4.79 Å². The fourth-order valence-corrected chi connectivity index (χ4v) is 10.3. The first-order chi connectivity index (χ1) is 11.6.